The molecule has 0 bridgehead atoms. The Bertz CT molecular complexity index is 3020. The molecular formula is C50H28O2. The first-order valence-corrected chi connectivity index (χ1v) is 18.2. The molecule has 240 valence electrons. The maximum absolute atomic E-state index is 6.63. The second-order valence-corrected chi connectivity index (χ2v) is 14.7. The van der Waals surface area contributed by atoms with Gasteiger partial charge in [0.05, 0.1) is 0 Å². The summed E-state index contributed by atoms with van der Waals surface area (Å²) in [5.41, 5.74) is 24.6. The van der Waals surface area contributed by atoms with Gasteiger partial charge in [-0.15, -0.1) is 0 Å². The molecule has 10 aromatic rings. The molecule has 0 N–H and O–H groups in total. The van der Waals surface area contributed by atoms with Crippen LogP contribution in [0.2, 0.25) is 0 Å². The van der Waals surface area contributed by atoms with E-state index >= 15 is 0 Å². The van der Waals surface area contributed by atoms with E-state index in [1.807, 2.05) is 0 Å². The topological polar surface area (TPSA) is 26.3 Å². The molecule has 0 saturated heterocycles. The normalized spacial score (nSPS) is 13.2. The third-order valence-corrected chi connectivity index (χ3v) is 12.1. The first kappa shape index (κ1) is 27.1. The summed E-state index contributed by atoms with van der Waals surface area (Å²) < 4.78 is 13.3. The van der Waals surface area contributed by atoms with Gasteiger partial charge in [0, 0.05) is 21.5 Å². The Morgan fingerprint density at radius 1 is 0.288 bits per heavy atom. The quantitative estimate of drug-likeness (QED) is 0.162. The van der Waals surface area contributed by atoms with E-state index in [0.717, 1.165) is 56.7 Å². The van der Waals surface area contributed by atoms with Crippen molar-refractivity contribution in [1.82, 2.24) is 0 Å². The van der Waals surface area contributed by atoms with E-state index in [9.17, 15) is 0 Å². The Hall–Kier alpha value is -6.64. The summed E-state index contributed by atoms with van der Waals surface area (Å²) in [7, 11) is 0. The lowest BCUT2D eigenvalue weighted by Gasteiger charge is -2.27. The summed E-state index contributed by atoms with van der Waals surface area (Å²) in [6, 6.07) is 53.8. The molecule has 3 aliphatic carbocycles. The van der Waals surface area contributed by atoms with Gasteiger partial charge in [0.2, 0.25) is 0 Å². The van der Waals surface area contributed by atoms with Gasteiger partial charge in [-0.3, -0.25) is 0 Å². The summed E-state index contributed by atoms with van der Waals surface area (Å²) in [6.45, 7) is 0. The average molecular weight is 661 g/mol. The molecule has 52 heavy (non-hydrogen) atoms. The van der Waals surface area contributed by atoms with Gasteiger partial charge >= 0.3 is 0 Å². The van der Waals surface area contributed by atoms with Crippen molar-refractivity contribution in [3.05, 3.63) is 168 Å². The van der Waals surface area contributed by atoms with Crippen LogP contribution in [-0.2, 0) is 12.8 Å². The number of fused-ring (bicyclic) bond motifs is 22. The van der Waals surface area contributed by atoms with Crippen LogP contribution in [0, 0.1) is 0 Å². The average Bonchev–Trinajstić information content (AvgIpc) is 3.95. The van der Waals surface area contributed by atoms with E-state index in [0.29, 0.717) is 0 Å². The fraction of sp³-hybridized carbons (Fsp3) is 0.0400. The lowest BCUT2D eigenvalue weighted by Crippen LogP contribution is -2.02. The maximum atomic E-state index is 6.63. The van der Waals surface area contributed by atoms with Crippen LogP contribution >= 0.6 is 0 Å². The SMILES string of the molecule is c1ccc2c(c1)Cc1c-2ccc2c1-c1cc3c(cc1-c1cc4oc5ccccc5c4cc1-c1c-2ccc2c1Cc1ccccc1-2)oc1ccccc13. The van der Waals surface area contributed by atoms with Crippen molar-refractivity contribution in [2.45, 2.75) is 12.8 Å². The molecule has 8 aromatic carbocycles. The van der Waals surface area contributed by atoms with Gasteiger partial charge in [0.1, 0.15) is 22.3 Å². The van der Waals surface area contributed by atoms with Crippen LogP contribution in [0.1, 0.15) is 22.3 Å². The van der Waals surface area contributed by atoms with E-state index in [-0.39, 0.29) is 0 Å². The summed E-state index contributed by atoms with van der Waals surface area (Å²) >= 11 is 0. The lowest BCUT2D eigenvalue weighted by molar-refractivity contribution is 0.668. The zero-order valence-corrected chi connectivity index (χ0v) is 28.1. The van der Waals surface area contributed by atoms with Crippen molar-refractivity contribution in [3.63, 3.8) is 0 Å². The van der Waals surface area contributed by atoms with Gasteiger partial charge in [0.15, 0.2) is 0 Å². The van der Waals surface area contributed by atoms with Crippen LogP contribution in [0.25, 0.3) is 111 Å². The molecule has 0 fully saturated rings. The number of hydrogen-bond acceptors (Lipinski definition) is 2. The van der Waals surface area contributed by atoms with Gasteiger partial charge in [-0.1, -0.05) is 109 Å². The Balaban J connectivity index is 1.24. The van der Waals surface area contributed by atoms with Crippen molar-refractivity contribution in [2.24, 2.45) is 0 Å². The molecular weight excluding hydrogens is 633 g/mol. The highest BCUT2D eigenvalue weighted by molar-refractivity contribution is 6.17. The second-order valence-electron chi connectivity index (χ2n) is 14.7. The molecule has 2 heteroatoms. The van der Waals surface area contributed by atoms with Crippen molar-refractivity contribution in [3.8, 4) is 66.8 Å². The van der Waals surface area contributed by atoms with Crippen LogP contribution < -0.4 is 0 Å². The zero-order valence-electron chi connectivity index (χ0n) is 28.1. The van der Waals surface area contributed by atoms with Crippen molar-refractivity contribution >= 4 is 43.9 Å². The Kier molecular flexibility index (Phi) is 4.99. The molecule has 0 spiro atoms. The highest BCUT2D eigenvalue weighted by Gasteiger charge is 2.33. The molecule has 3 aliphatic rings. The zero-order chi connectivity index (χ0) is 33.7. The lowest BCUT2D eigenvalue weighted by atomic mass is 9.76. The fourth-order valence-electron chi connectivity index (χ4n) is 9.89. The van der Waals surface area contributed by atoms with Crippen LogP contribution in [0.15, 0.2) is 154 Å². The van der Waals surface area contributed by atoms with E-state index < -0.39 is 0 Å². The smallest absolute Gasteiger partial charge is 0.136 e. The van der Waals surface area contributed by atoms with Crippen molar-refractivity contribution < 1.29 is 8.83 Å². The third-order valence-electron chi connectivity index (χ3n) is 12.1. The Morgan fingerprint density at radius 3 is 1.21 bits per heavy atom. The summed E-state index contributed by atoms with van der Waals surface area (Å²) in [4.78, 5) is 0. The molecule has 0 aliphatic heterocycles. The van der Waals surface area contributed by atoms with E-state index in [2.05, 4.69) is 146 Å². The first-order valence-electron chi connectivity index (χ1n) is 18.2. The van der Waals surface area contributed by atoms with Crippen molar-refractivity contribution in [1.29, 1.82) is 0 Å². The van der Waals surface area contributed by atoms with E-state index in [4.69, 9.17) is 8.83 Å². The van der Waals surface area contributed by atoms with Crippen LogP contribution in [0.3, 0.4) is 0 Å². The van der Waals surface area contributed by atoms with Gasteiger partial charge in [0.25, 0.3) is 0 Å². The molecule has 0 amide bonds. The Labute approximate surface area is 299 Å². The molecule has 2 nitrogen and oxygen atoms in total. The number of furan rings is 2. The van der Waals surface area contributed by atoms with Gasteiger partial charge in [-0.25, -0.2) is 0 Å². The highest BCUT2D eigenvalue weighted by atomic mass is 16.3. The third kappa shape index (κ3) is 3.40. The first-order chi connectivity index (χ1) is 25.8. The molecule has 0 atom stereocenters. The minimum absolute atomic E-state index is 0.902. The van der Waals surface area contributed by atoms with Gasteiger partial charge < -0.3 is 8.83 Å². The predicted molar refractivity (Wildman–Crippen MR) is 213 cm³/mol. The fourth-order valence-corrected chi connectivity index (χ4v) is 9.89. The summed E-state index contributed by atoms with van der Waals surface area (Å²) in [6.07, 6.45) is 1.80. The molecule has 0 radical (unpaired) electrons. The van der Waals surface area contributed by atoms with Gasteiger partial charge in [-0.2, -0.15) is 0 Å². The van der Waals surface area contributed by atoms with Crippen molar-refractivity contribution in [2.75, 3.05) is 0 Å². The molecule has 13 rings (SSSR count). The van der Waals surface area contributed by atoms with Gasteiger partial charge in [-0.05, 0) is 138 Å². The molecule has 0 saturated carbocycles. The van der Waals surface area contributed by atoms with Crippen LogP contribution in [0.5, 0.6) is 0 Å². The minimum Gasteiger partial charge on any atom is -0.456 e. The molecule has 2 heterocycles. The number of hydrogen-bond donors (Lipinski definition) is 0. The Morgan fingerprint density at radius 2 is 0.712 bits per heavy atom. The minimum atomic E-state index is 0.902. The standard InChI is InChI=1S/C50H28O2/c1-3-11-29-27(9-1)21-41-31(29)17-19-35-36-20-18-32-30-12-4-2-10-28(30)22-42(32)50(36)44-24-40-34-14-6-8-16-46(34)52-48(40)26-38(44)37-25-47-39(23-43(37)49(35)41)33-13-5-7-15-45(33)51-47/h1-20,23-26H,21-22H2. The molecule has 0 unspecified atom stereocenters. The molecule has 2 aromatic heterocycles. The number of para-hydroxylation sites is 2. The second kappa shape index (κ2) is 9.57. The largest absolute Gasteiger partial charge is 0.456 e. The number of rotatable bonds is 0. The number of benzene rings is 8. The summed E-state index contributed by atoms with van der Waals surface area (Å²) in [5, 5.41) is 4.57. The van der Waals surface area contributed by atoms with E-state index in [1.54, 1.807) is 0 Å². The van der Waals surface area contributed by atoms with Crippen LogP contribution in [0.4, 0.5) is 0 Å². The maximum Gasteiger partial charge on any atom is 0.136 e. The van der Waals surface area contributed by atoms with Crippen LogP contribution in [-0.4, -0.2) is 0 Å². The monoisotopic (exact) mass is 660 g/mol. The van der Waals surface area contributed by atoms with E-state index in [1.165, 1.54) is 89.0 Å². The summed E-state index contributed by atoms with van der Waals surface area (Å²) in [5.74, 6) is 0. The highest BCUT2D eigenvalue weighted by Crippen LogP contribution is 2.57. The predicted octanol–water partition coefficient (Wildman–Crippen LogP) is 13.6.